The monoisotopic (exact) mass is 403 g/mol. The van der Waals surface area contributed by atoms with E-state index in [-0.39, 0.29) is 11.2 Å². The normalized spacial score (nSPS) is 12.5. The first-order valence-corrected chi connectivity index (χ1v) is 8.61. The van der Waals surface area contributed by atoms with Gasteiger partial charge in [0.25, 0.3) is 6.43 Å². The Bertz CT molecular complexity index is 1100. The molecule has 0 saturated carbocycles. The van der Waals surface area contributed by atoms with Gasteiger partial charge in [0, 0.05) is 0 Å². The highest BCUT2D eigenvalue weighted by Gasteiger charge is 2.30. The molecular formula is C14H6F5N5S2. The summed E-state index contributed by atoms with van der Waals surface area (Å²) in [5, 5.41) is 11.4. The molecule has 3 heterocycles. The molecule has 4 rings (SSSR count). The van der Waals surface area contributed by atoms with E-state index >= 15 is 0 Å². The van der Waals surface area contributed by atoms with Crippen LogP contribution in [0.4, 0.5) is 22.0 Å². The second-order valence-electron chi connectivity index (χ2n) is 5.06. The second-order valence-corrected chi connectivity index (χ2v) is 7.36. The van der Waals surface area contributed by atoms with Crippen LogP contribution in [-0.2, 0) is 6.18 Å². The van der Waals surface area contributed by atoms with E-state index in [4.69, 9.17) is 0 Å². The van der Waals surface area contributed by atoms with Crippen LogP contribution in [0, 0.1) is 0 Å². The molecule has 0 aliphatic heterocycles. The number of hydrogen-bond acceptors (Lipinski definition) is 6. The number of hydrogen-bond donors (Lipinski definition) is 0. The number of thiazole rings is 1. The molecule has 0 amide bonds. The minimum Gasteiger partial charge on any atom is -0.229 e. The fourth-order valence-corrected chi connectivity index (χ4v) is 4.15. The van der Waals surface area contributed by atoms with Crippen LogP contribution in [0.2, 0.25) is 0 Å². The van der Waals surface area contributed by atoms with Crippen LogP contribution in [-0.4, -0.2) is 24.8 Å². The van der Waals surface area contributed by atoms with Crippen LogP contribution in [0.5, 0.6) is 0 Å². The predicted octanol–water partition coefficient (Wildman–Crippen LogP) is 4.84. The summed E-state index contributed by atoms with van der Waals surface area (Å²) in [4.78, 5) is 4.16. The van der Waals surface area contributed by atoms with E-state index in [0.717, 1.165) is 28.4 Å². The molecule has 0 atom stereocenters. The molecule has 0 aliphatic rings. The molecule has 0 bridgehead atoms. The molecule has 3 aromatic heterocycles. The molecule has 134 valence electrons. The zero-order valence-electron chi connectivity index (χ0n) is 12.4. The minimum atomic E-state index is -4.45. The quantitative estimate of drug-likeness (QED) is 0.458. The first kappa shape index (κ1) is 17.1. The SMILES string of the molecule is FC(F)c1nnc2ccc(Sc3nc4cc(C(F)(F)F)ccc4s3)nn12. The van der Waals surface area contributed by atoms with E-state index in [1.165, 1.54) is 23.5 Å². The van der Waals surface area contributed by atoms with Gasteiger partial charge in [-0.05, 0) is 42.1 Å². The van der Waals surface area contributed by atoms with Gasteiger partial charge in [0.2, 0.25) is 5.82 Å². The topological polar surface area (TPSA) is 56.0 Å². The first-order chi connectivity index (χ1) is 12.3. The van der Waals surface area contributed by atoms with Gasteiger partial charge in [-0.1, -0.05) is 0 Å². The lowest BCUT2D eigenvalue weighted by atomic mass is 10.2. The summed E-state index contributed by atoms with van der Waals surface area (Å²) >= 11 is 2.24. The Balaban J connectivity index is 1.68. The van der Waals surface area contributed by atoms with Crippen LogP contribution < -0.4 is 0 Å². The molecule has 12 heteroatoms. The minimum absolute atomic E-state index is 0.170. The highest BCUT2D eigenvalue weighted by Crippen LogP contribution is 2.37. The van der Waals surface area contributed by atoms with Crippen LogP contribution >= 0.6 is 23.1 Å². The lowest BCUT2D eigenvalue weighted by Crippen LogP contribution is -2.03. The molecule has 4 aromatic rings. The molecular weight excluding hydrogens is 397 g/mol. The van der Waals surface area contributed by atoms with Crippen molar-refractivity contribution in [2.45, 2.75) is 22.0 Å². The Labute approximate surface area is 149 Å². The Kier molecular flexibility index (Phi) is 4.03. The van der Waals surface area contributed by atoms with Crippen LogP contribution in [0.1, 0.15) is 17.8 Å². The van der Waals surface area contributed by atoms with Gasteiger partial charge in [0.05, 0.1) is 15.8 Å². The number of aromatic nitrogens is 5. The van der Waals surface area contributed by atoms with Crippen molar-refractivity contribution in [3.63, 3.8) is 0 Å². The summed E-state index contributed by atoms with van der Waals surface area (Å²) in [6, 6.07) is 6.35. The Morgan fingerprint density at radius 2 is 1.88 bits per heavy atom. The number of halogens is 5. The average Bonchev–Trinajstić information content (AvgIpc) is 3.15. The van der Waals surface area contributed by atoms with Crippen molar-refractivity contribution in [3.8, 4) is 0 Å². The Morgan fingerprint density at radius 3 is 2.62 bits per heavy atom. The zero-order valence-corrected chi connectivity index (χ0v) is 14.0. The molecule has 0 saturated heterocycles. The van der Waals surface area contributed by atoms with Crippen LogP contribution in [0.25, 0.3) is 15.9 Å². The summed E-state index contributed by atoms with van der Waals surface area (Å²) in [5.74, 6) is -0.582. The average molecular weight is 403 g/mol. The smallest absolute Gasteiger partial charge is 0.229 e. The van der Waals surface area contributed by atoms with Crippen molar-refractivity contribution < 1.29 is 22.0 Å². The van der Waals surface area contributed by atoms with E-state index in [2.05, 4.69) is 20.3 Å². The third-order valence-corrected chi connectivity index (χ3v) is 5.37. The lowest BCUT2D eigenvalue weighted by Gasteiger charge is -2.04. The third-order valence-electron chi connectivity index (χ3n) is 3.34. The molecule has 0 N–H and O–H groups in total. The molecule has 0 fully saturated rings. The van der Waals surface area contributed by atoms with E-state index < -0.39 is 24.0 Å². The van der Waals surface area contributed by atoms with Crippen molar-refractivity contribution in [1.29, 1.82) is 0 Å². The maximum absolute atomic E-state index is 12.9. The predicted molar refractivity (Wildman–Crippen MR) is 84.5 cm³/mol. The molecule has 0 aliphatic carbocycles. The van der Waals surface area contributed by atoms with Gasteiger partial charge in [0.1, 0.15) is 5.03 Å². The number of alkyl halides is 5. The molecule has 0 spiro atoms. The van der Waals surface area contributed by atoms with Crippen molar-refractivity contribution in [2.24, 2.45) is 0 Å². The van der Waals surface area contributed by atoms with Gasteiger partial charge in [-0.3, -0.25) is 0 Å². The second kappa shape index (κ2) is 6.13. The number of fused-ring (bicyclic) bond motifs is 2. The lowest BCUT2D eigenvalue weighted by molar-refractivity contribution is -0.137. The standard InChI is InChI=1S/C14H6F5N5S2/c15-11(16)12-22-21-9-3-4-10(23-24(9)12)26-13-20-7-5-6(14(17,18)19)1-2-8(7)25-13/h1-5,11H. The van der Waals surface area contributed by atoms with Gasteiger partial charge >= 0.3 is 6.18 Å². The van der Waals surface area contributed by atoms with Crippen LogP contribution in [0.3, 0.4) is 0 Å². The van der Waals surface area contributed by atoms with E-state index in [0.29, 0.717) is 14.1 Å². The molecule has 1 aromatic carbocycles. The van der Waals surface area contributed by atoms with Crippen molar-refractivity contribution in [1.82, 2.24) is 24.8 Å². The van der Waals surface area contributed by atoms with Crippen molar-refractivity contribution in [3.05, 3.63) is 41.7 Å². The number of benzene rings is 1. The highest BCUT2D eigenvalue weighted by molar-refractivity contribution is 8.01. The Hall–Kier alpha value is -2.34. The maximum Gasteiger partial charge on any atom is 0.416 e. The van der Waals surface area contributed by atoms with Gasteiger partial charge in [-0.2, -0.15) is 22.8 Å². The largest absolute Gasteiger partial charge is 0.416 e. The van der Waals surface area contributed by atoms with E-state index in [9.17, 15) is 22.0 Å². The fraction of sp³-hybridized carbons (Fsp3) is 0.143. The van der Waals surface area contributed by atoms with E-state index in [1.807, 2.05) is 0 Å². The van der Waals surface area contributed by atoms with Gasteiger partial charge in [-0.25, -0.2) is 13.8 Å². The van der Waals surface area contributed by atoms with Crippen LogP contribution in [0.15, 0.2) is 39.7 Å². The summed E-state index contributed by atoms with van der Waals surface area (Å²) < 4.78 is 66.1. The van der Waals surface area contributed by atoms with Gasteiger partial charge < -0.3 is 0 Å². The third kappa shape index (κ3) is 3.09. The Morgan fingerprint density at radius 1 is 1.08 bits per heavy atom. The fourth-order valence-electron chi connectivity index (χ4n) is 2.19. The molecule has 26 heavy (non-hydrogen) atoms. The summed E-state index contributed by atoms with van der Waals surface area (Å²) in [6.07, 6.45) is -7.28. The molecule has 0 radical (unpaired) electrons. The van der Waals surface area contributed by atoms with E-state index in [1.54, 1.807) is 6.07 Å². The van der Waals surface area contributed by atoms with Gasteiger partial charge in [-0.15, -0.1) is 21.5 Å². The zero-order chi connectivity index (χ0) is 18.5. The number of nitrogens with zero attached hydrogens (tertiary/aromatic N) is 5. The summed E-state index contributed by atoms with van der Waals surface area (Å²) in [5.41, 5.74) is -0.396. The van der Waals surface area contributed by atoms with Crippen molar-refractivity contribution >= 4 is 39.0 Å². The first-order valence-electron chi connectivity index (χ1n) is 6.97. The maximum atomic E-state index is 12.9. The highest BCUT2D eigenvalue weighted by atomic mass is 32.2. The summed E-state index contributed by atoms with van der Waals surface area (Å²) in [7, 11) is 0. The molecule has 5 nitrogen and oxygen atoms in total. The summed E-state index contributed by atoms with van der Waals surface area (Å²) in [6.45, 7) is 0. The van der Waals surface area contributed by atoms with Gasteiger partial charge in [0.15, 0.2) is 9.99 Å². The molecule has 0 unspecified atom stereocenters. The number of rotatable bonds is 3. The van der Waals surface area contributed by atoms with Crippen molar-refractivity contribution in [2.75, 3.05) is 0 Å².